The van der Waals surface area contributed by atoms with Crippen molar-refractivity contribution >= 4 is 28.3 Å². The minimum Gasteiger partial charge on any atom is -0.472 e. The van der Waals surface area contributed by atoms with E-state index in [-0.39, 0.29) is 17.7 Å². The molecule has 0 radical (unpaired) electrons. The summed E-state index contributed by atoms with van der Waals surface area (Å²) in [6.07, 6.45) is 10.7. The summed E-state index contributed by atoms with van der Waals surface area (Å²) < 4.78 is 4.96. The van der Waals surface area contributed by atoms with E-state index in [1.165, 1.54) is 49.5 Å². The molecule has 2 aromatic rings. The minimum absolute atomic E-state index is 0.0544. The molecule has 3 heterocycles. The first-order valence-electron chi connectivity index (χ1n) is 10.5. The number of carbonyl (C=O) groups excluding carboxylic acids is 2. The Balaban J connectivity index is 1.34. The number of fused-ring (bicyclic) bond motifs is 1. The molecule has 0 bridgehead atoms. The Kier molecular flexibility index (Phi) is 6.61. The Morgan fingerprint density at radius 2 is 2.03 bits per heavy atom. The number of hydrogen-bond acceptors (Lipinski definition) is 6. The molecule has 1 fully saturated rings. The van der Waals surface area contributed by atoms with E-state index in [1.807, 2.05) is 0 Å². The lowest BCUT2D eigenvalue weighted by Gasteiger charge is -2.23. The second-order valence-electron chi connectivity index (χ2n) is 7.79. The van der Waals surface area contributed by atoms with Crippen molar-refractivity contribution in [2.24, 2.45) is 0 Å². The molecule has 1 saturated heterocycles. The molecular weight excluding hydrogens is 388 g/mol. The molecule has 1 unspecified atom stereocenters. The Labute approximate surface area is 174 Å². The van der Waals surface area contributed by atoms with Crippen LogP contribution in [0.4, 0.5) is 5.13 Å². The molecule has 8 heteroatoms. The second kappa shape index (κ2) is 9.54. The van der Waals surface area contributed by atoms with Crippen LogP contribution in [-0.4, -0.2) is 47.9 Å². The molecule has 0 spiro atoms. The SMILES string of the molecule is O=C(Nc1nc2c(s1)CCCC2C(=O)NCCN1CCCCCC1)c1ccoc1. The first-order chi connectivity index (χ1) is 14.2. The lowest BCUT2D eigenvalue weighted by Crippen LogP contribution is -2.38. The van der Waals surface area contributed by atoms with Gasteiger partial charge in [-0.2, -0.15) is 0 Å². The van der Waals surface area contributed by atoms with Crippen LogP contribution < -0.4 is 10.6 Å². The number of hydrogen-bond donors (Lipinski definition) is 2. The van der Waals surface area contributed by atoms with Crippen molar-refractivity contribution in [2.75, 3.05) is 31.5 Å². The smallest absolute Gasteiger partial charge is 0.260 e. The third-order valence-corrected chi connectivity index (χ3v) is 6.75. The van der Waals surface area contributed by atoms with E-state index in [2.05, 4.69) is 20.5 Å². The number of furan rings is 1. The summed E-state index contributed by atoms with van der Waals surface area (Å²) in [4.78, 5) is 33.2. The van der Waals surface area contributed by atoms with Gasteiger partial charge in [0.1, 0.15) is 6.26 Å². The highest BCUT2D eigenvalue weighted by atomic mass is 32.1. The molecule has 1 aliphatic carbocycles. The fraction of sp³-hybridized carbons (Fsp3) is 0.571. The minimum atomic E-state index is -0.247. The molecule has 7 nitrogen and oxygen atoms in total. The quantitative estimate of drug-likeness (QED) is 0.754. The van der Waals surface area contributed by atoms with Crippen molar-refractivity contribution < 1.29 is 14.0 Å². The summed E-state index contributed by atoms with van der Waals surface area (Å²) in [6, 6.07) is 1.61. The van der Waals surface area contributed by atoms with Crippen molar-refractivity contribution in [1.82, 2.24) is 15.2 Å². The van der Waals surface area contributed by atoms with Crippen LogP contribution in [0, 0.1) is 0 Å². The lowest BCUT2D eigenvalue weighted by atomic mass is 9.90. The molecule has 156 valence electrons. The number of nitrogens with zero attached hydrogens (tertiary/aromatic N) is 2. The van der Waals surface area contributed by atoms with E-state index >= 15 is 0 Å². The summed E-state index contributed by atoms with van der Waals surface area (Å²) in [5.74, 6) is -0.416. The molecule has 2 N–H and O–H groups in total. The van der Waals surface area contributed by atoms with Gasteiger partial charge in [0, 0.05) is 18.0 Å². The van der Waals surface area contributed by atoms with E-state index in [0.29, 0.717) is 17.2 Å². The average molecular weight is 417 g/mol. The van der Waals surface area contributed by atoms with Gasteiger partial charge < -0.3 is 14.6 Å². The maximum Gasteiger partial charge on any atom is 0.260 e. The molecule has 0 saturated carbocycles. The van der Waals surface area contributed by atoms with E-state index in [4.69, 9.17) is 4.42 Å². The van der Waals surface area contributed by atoms with E-state index in [0.717, 1.165) is 49.5 Å². The molecule has 2 aliphatic rings. The first-order valence-corrected chi connectivity index (χ1v) is 11.4. The van der Waals surface area contributed by atoms with Gasteiger partial charge in [-0.25, -0.2) is 4.98 Å². The molecule has 29 heavy (non-hydrogen) atoms. The summed E-state index contributed by atoms with van der Waals surface area (Å²) in [7, 11) is 0. The van der Waals surface area contributed by atoms with E-state index in [1.54, 1.807) is 6.07 Å². The maximum atomic E-state index is 12.8. The Morgan fingerprint density at radius 1 is 1.21 bits per heavy atom. The van der Waals surface area contributed by atoms with Gasteiger partial charge in [-0.15, -0.1) is 11.3 Å². The molecule has 4 rings (SSSR count). The summed E-state index contributed by atoms with van der Waals surface area (Å²) in [5, 5.41) is 6.49. The number of aryl methyl sites for hydroxylation is 1. The Bertz CT molecular complexity index is 825. The lowest BCUT2D eigenvalue weighted by molar-refractivity contribution is -0.123. The van der Waals surface area contributed by atoms with Gasteiger partial charge in [0.2, 0.25) is 5.91 Å². The predicted molar refractivity (Wildman–Crippen MR) is 112 cm³/mol. The largest absolute Gasteiger partial charge is 0.472 e. The number of rotatable bonds is 6. The van der Waals surface area contributed by atoms with Crippen LogP contribution in [0.25, 0.3) is 0 Å². The van der Waals surface area contributed by atoms with Gasteiger partial charge in [0.25, 0.3) is 5.91 Å². The fourth-order valence-corrected chi connectivity index (χ4v) is 5.17. The zero-order valence-corrected chi connectivity index (χ0v) is 17.4. The van der Waals surface area contributed by atoms with Crippen LogP contribution >= 0.6 is 11.3 Å². The van der Waals surface area contributed by atoms with Crippen molar-refractivity contribution in [1.29, 1.82) is 0 Å². The van der Waals surface area contributed by atoms with Gasteiger partial charge in [0.05, 0.1) is 23.4 Å². The van der Waals surface area contributed by atoms with Gasteiger partial charge in [-0.05, 0) is 51.3 Å². The summed E-state index contributed by atoms with van der Waals surface area (Å²) in [6.45, 7) is 3.86. The van der Waals surface area contributed by atoms with Crippen LogP contribution in [-0.2, 0) is 11.2 Å². The third-order valence-electron chi connectivity index (χ3n) is 5.70. The van der Waals surface area contributed by atoms with Gasteiger partial charge >= 0.3 is 0 Å². The summed E-state index contributed by atoms with van der Waals surface area (Å²) >= 11 is 1.47. The predicted octanol–water partition coefficient (Wildman–Crippen LogP) is 3.40. The summed E-state index contributed by atoms with van der Waals surface area (Å²) in [5.41, 5.74) is 1.29. The van der Waals surface area contributed by atoms with Crippen molar-refractivity contribution in [3.05, 3.63) is 34.7 Å². The molecule has 2 amide bonds. The molecular formula is C21H28N4O3S. The number of aromatic nitrogens is 1. The van der Waals surface area contributed by atoms with Crippen LogP contribution in [0.3, 0.4) is 0 Å². The highest BCUT2D eigenvalue weighted by Gasteiger charge is 2.30. The number of nitrogens with one attached hydrogen (secondary N) is 2. The van der Waals surface area contributed by atoms with Crippen LogP contribution in [0.5, 0.6) is 0 Å². The van der Waals surface area contributed by atoms with Crippen LogP contribution in [0.1, 0.15) is 65.4 Å². The highest BCUT2D eigenvalue weighted by molar-refractivity contribution is 7.15. The fourth-order valence-electron chi connectivity index (χ4n) is 4.11. The van der Waals surface area contributed by atoms with Gasteiger partial charge in [0.15, 0.2) is 5.13 Å². The standard InChI is InChI=1S/C21H28N4O3S/c26-19(15-8-13-28-14-15)24-21-23-18-16(6-5-7-17(18)29-21)20(27)22-9-12-25-10-3-1-2-4-11-25/h8,13-14,16H,1-7,9-12H2,(H,22,27)(H,23,24,26). The zero-order chi connectivity index (χ0) is 20.1. The van der Waals surface area contributed by atoms with Crippen LogP contribution in [0.2, 0.25) is 0 Å². The number of thiazole rings is 1. The monoisotopic (exact) mass is 416 g/mol. The number of likely N-dealkylation sites (tertiary alicyclic amines) is 1. The Hall–Kier alpha value is -2.19. The van der Waals surface area contributed by atoms with E-state index in [9.17, 15) is 9.59 Å². The van der Waals surface area contributed by atoms with Crippen molar-refractivity contribution in [2.45, 2.75) is 50.9 Å². The molecule has 2 aromatic heterocycles. The Morgan fingerprint density at radius 3 is 2.79 bits per heavy atom. The normalized spacial score (nSPS) is 19.9. The van der Waals surface area contributed by atoms with Crippen molar-refractivity contribution in [3.63, 3.8) is 0 Å². The molecule has 1 atom stereocenters. The average Bonchev–Trinajstić information content (AvgIpc) is 3.32. The zero-order valence-electron chi connectivity index (χ0n) is 16.6. The second-order valence-corrected chi connectivity index (χ2v) is 8.87. The number of carbonyl (C=O) groups is 2. The van der Waals surface area contributed by atoms with Crippen molar-refractivity contribution in [3.8, 4) is 0 Å². The molecule has 0 aromatic carbocycles. The van der Waals surface area contributed by atoms with Crippen LogP contribution in [0.15, 0.2) is 23.0 Å². The topological polar surface area (TPSA) is 87.5 Å². The number of anilines is 1. The van der Waals surface area contributed by atoms with Gasteiger partial charge in [-0.1, -0.05) is 12.8 Å². The maximum absolute atomic E-state index is 12.8. The number of amides is 2. The van der Waals surface area contributed by atoms with E-state index < -0.39 is 0 Å². The van der Waals surface area contributed by atoms with Gasteiger partial charge in [-0.3, -0.25) is 14.9 Å². The first kappa shape index (κ1) is 20.1. The highest BCUT2D eigenvalue weighted by Crippen LogP contribution is 2.37. The third kappa shape index (κ3) is 5.05. The molecule has 1 aliphatic heterocycles.